The second-order valence-corrected chi connectivity index (χ2v) is 27.8. The predicted molar refractivity (Wildman–Crippen MR) is 206 cm³/mol. The first-order chi connectivity index (χ1) is 23.1. The van der Waals surface area contributed by atoms with Crippen molar-refractivity contribution in [1.82, 2.24) is 19.7 Å². The molecule has 0 saturated carbocycles. The van der Waals surface area contributed by atoms with Crippen LogP contribution in [0, 0.1) is 6.92 Å². The van der Waals surface area contributed by atoms with E-state index in [-0.39, 0.29) is 11.0 Å². The lowest BCUT2D eigenvalue weighted by Crippen LogP contribution is -2.41. The highest BCUT2D eigenvalue weighted by atomic mass is 32.1. The second kappa shape index (κ2) is 15.2. The minimum atomic E-state index is -1.85. The highest BCUT2D eigenvalue weighted by molar-refractivity contribution is 7.16. The zero-order chi connectivity index (χ0) is 35.6. The van der Waals surface area contributed by atoms with Crippen LogP contribution in [0.15, 0.2) is 29.3 Å². The molecule has 1 aliphatic heterocycles. The van der Waals surface area contributed by atoms with Crippen molar-refractivity contribution in [2.45, 2.75) is 104 Å². The van der Waals surface area contributed by atoms with Crippen LogP contribution in [0.4, 0.5) is 16.8 Å². The standard InChI is InChI=1S/C35H52N6O4S2Si2/c1-11-44-32(42)29-28(17-14-20-45-49(9,10)35(3,4)5)47-33(36-29)40-19-18-25-24(2)30(38-39-31(25)40)37-34-41(23-43-21-22-48(6,7)8)26-15-12-13-16-27(26)46-34/h12-13,15-16H,11,14,17-23H2,1-10H3/b37-34-. The smallest absolute Gasteiger partial charge is 0.358 e. The van der Waals surface area contributed by atoms with Gasteiger partial charge in [-0.3, -0.25) is 4.57 Å². The van der Waals surface area contributed by atoms with Crippen molar-refractivity contribution in [3.05, 3.63) is 50.8 Å². The molecule has 0 bridgehead atoms. The number of aromatic nitrogens is 4. The molecule has 10 nitrogen and oxygen atoms in total. The number of aryl methyl sites for hydroxylation is 1. The summed E-state index contributed by atoms with van der Waals surface area (Å²) in [6.07, 6.45) is 2.29. The molecule has 14 heteroatoms. The molecule has 49 heavy (non-hydrogen) atoms. The summed E-state index contributed by atoms with van der Waals surface area (Å²) in [5, 5.41) is 10.2. The number of hydrogen-bond donors (Lipinski definition) is 0. The van der Waals surface area contributed by atoms with Gasteiger partial charge in [-0.2, -0.15) is 4.99 Å². The number of anilines is 2. The Morgan fingerprint density at radius 1 is 1.06 bits per heavy atom. The lowest BCUT2D eigenvalue weighted by Gasteiger charge is -2.36. The number of para-hydroxylation sites is 1. The molecule has 5 rings (SSSR count). The van der Waals surface area contributed by atoms with Gasteiger partial charge in [-0.05, 0) is 69.4 Å². The van der Waals surface area contributed by atoms with Crippen LogP contribution in [-0.2, 0) is 33.5 Å². The van der Waals surface area contributed by atoms with Crippen LogP contribution in [-0.4, -0.2) is 68.5 Å². The molecule has 0 N–H and O–H groups in total. The predicted octanol–water partition coefficient (Wildman–Crippen LogP) is 8.63. The largest absolute Gasteiger partial charge is 0.461 e. The van der Waals surface area contributed by atoms with E-state index in [4.69, 9.17) is 29.0 Å². The van der Waals surface area contributed by atoms with Crippen molar-refractivity contribution >= 4 is 72.0 Å². The van der Waals surface area contributed by atoms with Gasteiger partial charge in [0.15, 0.2) is 35.6 Å². The fourth-order valence-electron chi connectivity index (χ4n) is 5.29. The molecule has 3 aromatic heterocycles. The van der Waals surface area contributed by atoms with Crippen LogP contribution in [0.1, 0.15) is 60.6 Å². The normalized spacial score (nSPS) is 14.2. The lowest BCUT2D eigenvalue weighted by molar-refractivity contribution is 0.0519. The van der Waals surface area contributed by atoms with E-state index in [9.17, 15) is 4.79 Å². The molecule has 1 aromatic carbocycles. The summed E-state index contributed by atoms with van der Waals surface area (Å²) in [6.45, 7) is 25.1. The number of fused-ring (bicyclic) bond motifs is 2. The van der Waals surface area contributed by atoms with Crippen molar-refractivity contribution in [1.29, 1.82) is 0 Å². The molecule has 0 fully saturated rings. The van der Waals surface area contributed by atoms with Gasteiger partial charge in [-0.15, -0.1) is 21.5 Å². The molecule has 1 aliphatic rings. The van der Waals surface area contributed by atoms with E-state index in [0.717, 1.165) is 67.5 Å². The van der Waals surface area contributed by atoms with Gasteiger partial charge in [0.05, 0.1) is 16.8 Å². The molecule has 0 radical (unpaired) electrons. The minimum Gasteiger partial charge on any atom is -0.461 e. The maximum atomic E-state index is 13.0. The molecule has 0 aliphatic carbocycles. The van der Waals surface area contributed by atoms with Crippen molar-refractivity contribution < 1.29 is 18.7 Å². The number of nitrogens with zero attached hydrogens (tertiary/aromatic N) is 6. The van der Waals surface area contributed by atoms with Crippen molar-refractivity contribution in [2.75, 3.05) is 31.3 Å². The fourth-order valence-corrected chi connectivity index (χ4v) is 9.27. The number of benzene rings is 1. The zero-order valence-corrected chi connectivity index (χ0v) is 34.4. The van der Waals surface area contributed by atoms with Crippen LogP contribution < -0.4 is 9.70 Å². The van der Waals surface area contributed by atoms with Gasteiger partial charge >= 0.3 is 5.97 Å². The Morgan fingerprint density at radius 2 is 1.82 bits per heavy atom. The van der Waals surface area contributed by atoms with Crippen molar-refractivity contribution in [2.24, 2.45) is 4.99 Å². The van der Waals surface area contributed by atoms with E-state index in [1.807, 2.05) is 13.0 Å². The average Bonchev–Trinajstić information content (AvgIpc) is 3.73. The summed E-state index contributed by atoms with van der Waals surface area (Å²) in [6, 6.07) is 9.44. The fraction of sp³-hybridized carbons (Fsp3) is 0.571. The van der Waals surface area contributed by atoms with Crippen LogP contribution >= 0.6 is 22.7 Å². The summed E-state index contributed by atoms with van der Waals surface area (Å²) >= 11 is 3.16. The zero-order valence-electron chi connectivity index (χ0n) is 30.8. The molecule has 0 atom stereocenters. The van der Waals surface area contributed by atoms with E-state index >= 15 is 0 Å². The van der Waals surface area contributed by atoms with Gasteiger partial charge in [-0.1, -0.05) is 63.9 Å². The molecule has 0 amide bonds. The second-order valence-electron chi connectivity index (χ2n) is 15.3. The molecular formula is C35H52N6O4S2Si2. The van der Waals surface area contributed by atoms with Gasteiger partial charge in [-0.25, -0.2) is 9.78 Å². The number of carbonyl (C=O) groups excluding carboxylic acids is 1. The van der Waals surface area contributed by atoms with E-state index < -0.39 is 16.4 Å². The first-order valence-corrected chi connectivity index (χ1v) is 25.5. The Kier molecular flexibility index (Phi) is 11.7. The Balaban J connectivity index is 1.39. The Hall–Kier alpha value is -2.76. The Labute approximate surface area is 300 Å². The van der Waals surface area contributed by atoms with E-state index in [2.05, 4.69) is 93.2 Å². The molecule has 0 unspecified atom stereocenters. The first-order valence-electron chi connectivity index (χ1n) is 17.2. The Morgan fingerprint density at radius 3 is 2.53 bits per heavy atom. The lowest BCUT2D eigenvalue weighted by atomic mass is 10.1. The third-order valence-electron chi connectivity index (χ3n) is 9.35. The van der Waals surface area contributed by atoms with Crippen LogP contribution in [0.2, 0.25) is 43.8 Å². The summed E-state index contributed by atoms with van der Waals surface area (Å²) in [5.41, 5.74) is 3.59. The monoisotopic (exact) mass is 740 g/mol. The highest BCUT2D eigenvalue weighted by Gasteiger charge is 2.37. The van der Waals surface area contributed by atoms with Crippen molar-refractivity contribution in [3.8, 4) is 0 Å². The first kappa shape index (κ1) is 37.5. The summed E-state index contributed by atoms with van der Waals surface area (Å²) in [7, 11) is -3.04. The molecule has 0 saturated heterocycles. The summed E-state index contributed by atoms with van der Waals surface area (Å²) in [5.74, 6) is 0.992. The highest BCUT2D eigenvalue weighted by Crippen LogP contribution is 2.40. The van der Waals surface area contributed by atoms with Gasteiger partial charge in [0.25, 0.3) is 0 Å². The minimum absolute atomic E-state index is 0.149. The average molecular weight is 741 g/mol. The van der Waals surface area contributed by atoms with Crippen LogP contribution in [0.5, 0.6) is 0 Å². The number of carbonyl (C=O) groups is 1. The maximum Gasteiger partial charge on any atom is 0.358 e. The van der Waals surface area contributed by atoms with Gasteiger partial charge in [0.2, 0.25) is 0 Å². The third-order valence-corrected chi connectivity index (χ3v) is 17.8. The van der Waals surface area contributed by atoms with Crippen LogP contribution in [0.25, 0.3) is 10.2 Å². The van der Waals surface area contributed by atoms with Gasteiger partial charge < -0.3 is 18.8 Å². The number of esters is 1. The SMILES string of the molecule is CCOC(=O)c1nc(N2CCc3c2nnc(/N=c2\sc4ccccc4n2COCC[Si](C)(C)C)c3C)sc1CCCO[Si](C)(C)C(C)(C)C. The molecule has 4 aromatic rings. The van der Waals surface area contributed by atoms with E-state index in [1.165, 1.54) is 11.3 Å². The maximum absolute atomic E-state index is 13.0. The van der Waals surface area contributed by atoms with Gasteiger partial charge in [0, 0.05) is 43.8 Å². The summed E-state index contributed by atoms with van der Waals surface area (Å²) in [4.78, 5) is 26.7. The molecule has 0 spiro atoms. The topological polar surface area (TPSA) is 104 Å². The number of rotatable bonds is 14. The number of hydrogen-bond acceptors (Lipinski definition) is 11. The quantitative estimate of drug-likeness (QED) is 0.0720. The van der Waals surface area contributed by atoms with E-state index in [0.29, 0.717) is 44.4 Å². The van der Waals surface area contributed by atoms with Crippen LogP contribution in [0.3, 0.4) is 0 Å². The number of thiazole rings is 2. The Bertz CT molecular complexity index is 1860. The van der Waals surface area contributed by atoms with Crippen molar-refractivity contribution in [3.63, 3.8) is 0 Å². The molecule has 266 valence electrons. The molecular weight excluding hydrogens is 689 g/mol. The van der Waals surface area contributed by atoms with Gasteiger partial charge in [0.1, 0.15) is 6.73 Å². The van der Waals surface area contributed by atoms with E-state index in [1.54, 1.807) is 11.3 Å². The third kappa shape index (κ3) is 8.77. The molecule has 4 heterocycles. The summed E-state index contributed by atoms with van der Waals surface area (Å²) < 4.78 is 21.3. The number of ether oxygens (including phenoxy) is 2.